The Labute approximate surface area is 130 Å². The SMILES string of the molecule is CCOC(=O)C1CCc2sc(N3CCC(C)C(C)C3)nc21. The van der Waals surface area contributed by atoms with E-state index in [4.69, 9.17) is 9.72 Å². The van der Waals surface area contributed by atoms with Gasteiger partial charge in [0.05, 0.1) is 12.3 Å². The van der Waals surface area contributed by atoms with E-state index in [1.165, 1.54) is 11.3 Å². The maximum Gasteiger partial charge on any atom is 0.315 e. The topological polar surface area (TPSA) is 42.4 Å². The van der Waals surface area contributed by atoms with Crippen molar-refractivity contribution in [2.24, 2.45) is 11.8 Å². The summed E-state index contributed by atoms with van der Waals surface area (Å²) in [4.78, 5) is 20.5. The summed E-state index contributed by atoms with van der Waals surface area (Å²) < 4.78 is 5.18. The number of esters is 1. The molecule has 1 aromatic rings. The highest BCUT2D eigenvalue weighted by Crippen LogP contribution is 2.41. The van der Waals surface area contributed by atoms with Crippen LogP contribution in [0.5, 0.6) is 0 Å². The molecule has 3 atom stereocenters. The molecule has 2 heterocycles. The molecule has 1 aliphatic carbocycles. The zero-order valence-corrected chi connectivity index (χ0v) is 13.9. The molecule has 1 saturated heterocycles. The Morgan fingerprint density at radius 1 is 1.38 bits per heavy atom. The summed E-state index contributed by atoms with van der Waals surface area (Å²) in [5.74, 6) is 1.26. The van der Waals surface area contributed by atoms with Crippen LogP contribution < -0.4 is 4.90 Å². The predicted molar refractivity (Wildman–Crippen MR) is 85.0 cm³/mol. The number of carbonyl (C=O) groups excluding carboxylic acids is 1. The zero-order chi connectivity index (χ0) is 15.0. The summed E-state index contributed by atoms with van der Waals surface area (Å²) in [6, 6.07) is 0. The fraction of sp³-hybridized carbons (Fsp3) is 0.750. The molecule has 116 valence electrons. The normalized spacial score (nSPS) is 28.5. The van der Waals surface area contributed by atoms with Crippen molar-refractivity contribution in [3.63, 3.8) is 0 Å². The fourth-order valence-electron chi connectivity index (χ4n) is 3.26. The van der Waals surface area contributed by atoms with Crippen LogP contribution in [0.15, 0.2) is 0 Å². The third kappa shape index (κ3) is 2.80. The Morgan fingerprint density at radius 3 is 2.90 bits per heavy atom. The van der Waals surface area contributed by atoms with Gasteiger partial charge >= 0.3 is 5.97 Å². The first kappa shape index (κ1) is 14.8. The summed E-state index contributed by atoms with van der Waals surface area (Å²) in [5, 5.41) is 1.10. The van der Waals surface area contributed by atoms with Crippen molar-refractivity contribution in [2.75, 3.05) is 24.6 Å². The monoisotopic (exact) mass is 308 g/mol. The molecule has 1 aromatic heterocycles. The van der Waals surface area contributed by atoms with Crippen molar-refractivity contribution >= 4 is 22.4 Å². The molecule has 0 aromatic carbocycles. The van der Waals surface area contributed by atoms with Gasteiger partial charge in [0.15, 0.2) is 5.13 Å². The Kier molecular flexibility index (Phi) is 4.20. The van der Waals surface area contributed by atoms with Crippen LogP contribution in [0.25, 0.3) is 0 Å². The summed E-state index contributed by atoms with van der Waals surface area (Å²) >= 11 is 1.78. The first-order valence-electron chi connectivity index (χ1n) is 8.01. The molecule has 0 radical (unpaired) electrons. The van der Waals surface area contributed by atoms with E-state index < -0.39 is 0 Å². The van der Waals surface area contributed by atoms with Crippen molar-refractivity contribution < 1.29 is 9.53 Å². The number of anilines is 1. The van der Waals surface area contributed by atoms with Crippen LogP contribution >= 0.6 is 11.3 Å². The van der Waals surface area contributed by atoms with Crippen LogP contribution in [0.4, 0.5) is 5.13 Å². The molecular formula is C16H24N2O2S. The molecule has 0 spiro atoms. The molecule has 2 aliphatic rings. The van der Waals surface area contributed by atoms with Gasteiger partial charge < -0.3 is 9.64 Å². The number of aryl methyl sites for hydroxylation is 1. The third-order valence-corrected chi connectivity index (χ3v) is 6.07. The quantitative estimate of drug-likeness (QED) is 0.804. The predicted octanol–water partition coefficient (Wildman–Crippen LogP) is 3.22. The zero-order valence-electron chi connectivity index (χ0n) is 13.1. The molecule has 21 heavy (non-hydrogen) atoms. The molecule has 1 aliphatic heterocycles. The lowest BCUT2D eigenvalue weighted by Crippen LogP contribution is -2.38. The van der Waals surface area contributed by atoms with Crippen LogP contribution in [-0.2, 0) is 16.0 Å². The Hall–Kier alpha value is -1.10. The Bertz CT molecular complexity index is 528. The van der Waals surface area contributed by atoms with Gasteiger partial charge in [-0.3, -0.25) is 4.79 Å². The molecule has 3 unspecified atom stereocenters. The molecule has 0 saturated carbocycles. The molecule has 5 heteroatoms. The average molecular weight is 308 g/mol. The molecule has 4 nitrogen and oxygen atoms in total. The van der Waals surface area contributed by atoms with E-state index in [-0.39, 0.29) is 11.9 Å². The second kappa shape index (κ2) is 5.95. The summed E-state index contributed by atoms with van der Waals surface area (Å²) in [7, 11) is 0. The molecule has 0 amide bonds. The van der Waals surface area contributed by atoms with Crippen LogP contribution in [0.2, 0.25) is 0 Å². The van der Waals surface area contributed by atoms with Crippen LogP contribution in [0.1, 0.15) is 50.1 Å². The van der Waals surface area contributed by atoms with E-state index in [0.717, 1.165) is 42.7 Å². The largest absolute Gasteiger partial charge is 0.465 e. The van der Waals surface area contributed by atoms with Gasteiger partial charge in [0.2, 0.25) is 0 Å². The Balaban J connectivity index is 1.76. The number of ether oxygens (including phenoxy) is 1. The van der Waals surface area contributed by atoms with Crippen molar-refractivity contribution in [3.8, 4) is 0 Å². The second-order valence-corrected chi connectivity index (χ2v) is 7.40. The number of nitrogens with zero attached hydrogens (tertiary/aromatic N) is 2. The highest BCUT2D eigenvalue weighted by Gasteiger charge is 2.35. The minimum Gasteiger partial charge on any atom is -0.465 e. The molecule has 0 N–H and O–H groups in total. The molecule has 3 rings (SSSR count). The van der Waals surface area contributed by atoms with Gasteiger partial charge in [-0.15, -0.1) is 11.3 Å². The maximum absolute atomic E-state index is 12.0. The minimum atomic E-state index is -0.133. The number of hydrogen-bond acceptors (Lipinski definition) is 5. The smallest absolute Gasteiger partial charge is 0.315 e. The van der Waals surface area contributed by atoms with Gasteiger partial charge in [0, 0.05) is 18.0 Å². The van der Waals surface area contributed by atoms with Crippen molar-refractivity contribution in [2.45, 2.75) is 46.0 Å². The number of thiazole rings is 1. The van der Waals surface area contributed by atoms with Crippen LogP contribution in [0.3, 0.4) is 0 Å². The highest BCUT2D eigenvalue weighted by molar-refractivity contribution is 7.15. The van der Waals surface area contributed by atoms with Gasteiger partial charge in [-0.05, 0) is 38.0 Å². The average Bonchev–Trinajstić information content (AvgIpc) is 3.01. The minimum absolute atomic E-state index is 0.103. The molecule has 1 fully saturated rings. The van der Waals surface area contributed by atoms with Gasteiger partial charge in [-0.1, -0.05) is 13.8 Å². The Morgan fingerprint density at radius 2 is 2.19 bits per heavy atom. The molecular weight excluding hydrogens is 284 g/mol. The first-order chi connectivity index (χ1) is 10.1. The number of carbonyl (C=O) groups is 1. The maximum atomic E-state index is 12.0. The van der Waals surface area contributed by atoms with E-state index in [0.29, 0.717) is 12.5 Å². The lowest BCUT2D eigenvalue weighted by atomic mass is 9.89. The first-order valence-corrected chi connectivity index (χ1v) is 8.83. The summed E-state index contributed by atoms with van der Waals surface area (Å²) in [5.41, 5.74) is 0.986. The van der Waals surface area contributed by atoms with Gasteiger partial charge in [0.1, 0.15) is 5.92 Å². The van der Waals surface area contributed by atoms with Crippen LogP contribution in [0, 0.1) is 11.8 Å². The number of fused-ring (bicyclic) bond motifs is 1. The van der Waals surface area contributed by atoms with Crippen molar-refractivity contribution in [1.29, 1.82) is 0 Å². The van der Waals surface area contributed by atoms with E-state index in [2.05, 4.69) is 18.7 Å². The standard InChI is InChI=1S/C16H24N2O2S/c1-4-20-15(19)12-5-6-13-14(12)17-16(21-13)18-8-7-10(2)11(3)9-18/h10-12H,4-9H2,1-3H3. The van der Waals surface area contributed by atoms with E-state index in [1.54, 1.807) is 11.3 Å². The number of aromatic nitrogens is 1. The van der Waals surface area contributed by atoms with Gasteiger partial charge in [0.25, 0.3) is 0 Å². The van der Waals surface area contributed by atoms with Crippen molar-refractivity contribution in [1.82, 2.24) is 4.98 Å². The lowest BCUT2D eigenvalue weighted by molar-refractivity contribution is -0.145. The third-order valence-electron chi connectivity index (χ3n) is 4.88. The van der Waals surface area contributed by atoms with Crippen molar-refractivity contribution in [3.05, 3.63) is 10.6 Å². The van der Waals surface area contributed by atoms with E-state index in [9.17, 15) is 4.79 Å². The summed E-state index contributed by atoms with van der Waals surface area (Å²) in [6.45, 7) is 9.12. The molecule has 0 bridgehead atoms. The van der Waals surface area contributed by atoms with Gasteiger partial charge in [-0.25, -0.2) is 4.98 Å². The fourth-order valence-corrected chi connectivity index (χ4v) is 4.43. The second-order valence-electron chi connectivity index (χ2n) is 6.34. The lowest BCUT2D eigenvalue weighted by Gasteiger charge is -2.35. The van der Waals surface area contributed by atoms with Gasteiger partial charge in [-0.2, -0.15) is 0 Å². The van der Waals surface area contributed by atoms with E-state index >= 15 is 0 Å². The van der Waals surface area contributed by atoms with E-state index in [1.807, 2.05) is 6.92 Å². The summed E-state index contributed by atoms with van der Waals surface area (Å²) in [6.07, 6.45) is 3.06. The number of piperidine rings is 1. The number of hydrogen-bond donors (Lipinski definition) is 0. The van der Waals surface area contributed by atoms with Crippen LogP contribution in [-0.4, -0.2) is 30.6 Å². The highest BCUT2D eigenvalue weighted by atomic mass is 32.1. The number of rotatable bonds is 3.